The number of nitrogens with one attached hydrogen (secondary N) is 1. The van der Waals surface area contributed by atoms with E-state index in [1.54, 1.807) is 7.11 Å². The molecule has 0 radical (unpaired) electrons. The van der Waals surface area contributed by atoms with Crippen LogP contribution in [0, 0.1) is 0 Å². The zero-order valence-electron chi connectivity index (χ0n) is 22.2. The summed E-state index contributed by atoms with van der Waals surface area (Å²) in [6.45, 7) is 9.79. The van der Waals surface area contributed by atoms with E-state index in [4.69, 9.17) is 4.74 Å². The van der Waals surface area contributed by atoms with E-state index in [2.05, 4.69) is 4.74 Å². The zero-order valence-corrected chi connectivity index (χ0v) is 23.9. The summed E-state index contributed by atoms with van der Waals surface area (Å²) in [7, 11) is -5.61. The maximum atomic E-state index is 13.2. The van der Waals surface area contributed by atoms with Gasteiger partial charge in [0, 0.05) is 7.11 Å². The van der Waals surface area contributed by atoms with Gasteiger partial charge in [-0.05, 0) is 52.3 Å². The van der Waals surface area contributed by atoms with Gasteiger partial charge in [-0.25, -0.2) is 26.4 Å². The number of amides is 1. The second-order valence-corrected chi connectivity index (χ2v) is 13.2. The van der Waals surface area contributed by atoms with Crippen molar-refractivity contribution in [3.05, 3.63) is 58.1 Å². The van der Waals surface area contributed by atoms with E-state index in [0.29, 0.717) is 6.61 Å². The molecule has 9 nitrogen and oxygen atoms in total. The average molecular weight is 554 g/mol. The summed E-state index contributed by atoms with van der Waals surface area (Å²) in [5.41, 5.74) is 3.03. The van der Waals surface area contributed by atoms with Crippen LogP contribution in [0.25, 0.3) is 0 Å². The monoisotopic (exact) mass is 553 g/mol. The molecule has 0 aliphatic carbocycles. The number of benzene rings is 2. The molecule has 0 saturated carbocycles. The number of esters is 1. The molecule has 2 rings (SSSR count). The van der Waals surface area contributed by atoms with Gasteiger partial charge in [-0.15, -0.1) is 0 Å². The van der Waals surface area contributed by atoms with Gasteiger partial charge in [0.15, 0.2) is 9.84 Å². The first-order chi connectivity index (χ1) is 17.2. The molecule has 204 valence electrons. The molecule has 0 atom stereocenters. The Balaban J connectivity index is 2.52. The highest BCUT2D eigenvalue weighted by Gasteiger charge is 2.28. The lowest BCUT2D eigenvalue weighted by Gasteiger charge is -2.21. The van der Waals surface area contributed by atoms with Gasteiger partial charge in [-0.1, -0.05) is 46.8 Å². The fourth-order valence-corrected chi connectivity index (χ4v) is 6.11. The third kappa shape index (κ3) is 7.18. The highest BCUT2D eigenvalue weighted by molar-refractivity contribution is 7.91. The Morgan fingerprint density at radius 1 is 0.919 bits per heavy atom. The van der Waals surface area contributed by atoms with Crippen LogP contribution in [-0.2, 0) is 47.2 Å². The molecule has 0 aliphatic rings. The SMILES string of the molecule is CCS(=O)(=O)c1ccc(S(=O)(=O)NC(=O)Cc2c(C(C)C)cc(COC)cc2C(C)C)c(C(=O)OC)c1. The van der Waals surface area contributed by atoms with E-state index in [1.807, 2.05) is 44.5 Å². The van der Waals surface area contributed by atoms with Crippen LogP contribution >= 0.6 is 0 Å². The number of carbonyl (C=O) groups excluding carboxylic acids is 2. The standard InChI is InChI=1S/C26H35NO8S2/c1-8-36(30,31)19-9-10-24(23(13-19)26(29)35-7)37(32,33)27-25(28)14-22-20(16(2)3)11-18(15-34-6)12-21(22)17(4)5/h9-13,16-17H,8,14-15H2,1-7H3,(H,27,28). The predicted molar refractivity (Wildman–Crippen MR) is 140 cm³/mol. The number of sulfonamides is 1. The predicted octanol–water partition coefficient (Wildman–Crippen LogP) is 3.71. The molecular formula is C26H35NO8S2. The Morgan fingerprint density at radius 3 is 1.95 bits per heavy atom. The van der Waals surface area contributed by atoms with Crippen molar-refractivity contribution in [2.75, 3.05) is 20.0 Å². The van der Waals surface area contributed by atoms with E-state index in [1.165, 1.54) is 6.92 Å². The van der Waals surface area contributed by atoms with Crippen molar-refractivity contribution in [1.82, 2.24) is 4.72 Å². The van der Waals surface area contributed by atoms with Gasteiger partial charge >= 0.3 is 5.97 Å². The van der Waals surface area contributed by atoms with Crippen molar-refractivity contribution in [2.24, 2.45) is 0 Å². The molecule has 0 spiro atoms. The normalized spacial score (nSPS) is 12.1. The Kier molecular flexibility index (Phi) is 10.0. The molecule has 0 unspecified atom stereocenters. The molecule has 0 heterocycles. The number of hydrogen-bond donors (Lipinski definition) is 1. The molecule has 0 fully saturated rings. The summed E-state index contributed by atoms with van der Waals surface area (Å²) in [4.78, 5) is 24.6. The molecule has 37 heavy (non-hydrogen) atoms. The summed E-state index contributed by atoms with van der Waals surface area (Å²) in [5.74, 6) is -1.95. The van der Waals surface area contributed by atoms with E-state index in [0.717, 1.165) is 47.6 Å². The summed E-state index contributed by atoms with van der Waals surface area (Å²) >= 11 is 0. The highest BCUT2D eigenvalue weighted by atomic mass is 32.2. The van der Waals surface area contributed by atoms with Crippen LogP contribution in [0.4, 0.5) is 0 Å². The lowest BCUT2D eigenvalue weighted by atomic mass is 9.85. The molecule has 1 N–H and O–H groups in total. The fraction of sp³-hybridized carbons (Fsp3) is 0.462. The highest BCUT2D eigenvalue weighted by Crippen LogP contribution is 2.31. The van der Waals surface area contributed by atoms with Crippen molar-refractivity contribution in [3.63, 3.8) is 0 Å². The Morgan fingerprint density at radius 2 is 1.49 bits per heavy atom. The first kappa shape index (κ1) is 30.5. The second-order valence-electron chi connectivity index (χ2n) is 9.25. The van der Waals surface area contributed by atoms with E-state index in [9.17, 15) is 26.4 Å². The minimum absolute atomic E-state index is 0.0627. The number of hydrogen-bond acceptors (Lipinski definition) is 8. The van der Waals surface area contributed by atoms with Crippen LogP contribution in [0.1, 0.15) is 79.1 Å². The van der Waals surface area contributed by atoms with Crippen molar-refractivity contribution in [2.45, 2.75) is 69.3 Å². The minimum Gasteiger partial charge on any atom is -0.465 e. The fourth-order valence-electron chi connectivity index (χ4n) is 4.04. The number of methoxy groups -OCH3 is 2. The molecule has 0 aromatic heterocycles. The maximum Gasteiger partial charge on any atom is 0.339 e. The molecule has 0 bridgehead atoms. The number of rotatable bonds is 11. The van der Waals surface area contributed by atoms with Gasteiger partial charge in [0.1, 0.15) is 4.90 Å². The second kappa shape index (κ2) is 12.2. The quantitative estimate of drug-likeness (QED) is 0.417. The first-order valence-electron chi connectivity index (χ1n) is 11.8. The van der Waals surface area contributed by atoms with Crippen molar-refractivity contribution in [3.8, 4) is 0 Å². The van der Waals surface area contributed by atoms with E-state index < -0.39 is 42.2 Å². The van der Waals surface area contributed by atoms with Gasteiger partial charge < -0.3 is 9.47 Å². The van der Waals surface area contributed by atoms with Gasteiger partial charge in [0.05, 0.1) is 36.3 Å². The molecule has 11 heteroatoms. The molecule has 2 aromatic carbocycles. The minimum atomic E-state index is -4.53. The smallest absolute Gasteiger partial charge is 0.339 e. The molecule has 0 saturated heterocycles. The van der Waals surface area contributed by atoms with E-state index in [-0.39, 0.29) is 28.9 Å². The summed E-state index contributed by atoms with van der Waals surface area (Å²) < 4.78 is 62.9. The summed E-state index contributed by atoms with van der Waals surface area (Å²) in [6, 6.07) is 6.94. The lowest BCUT2D eigenvalue weighted by Crippen LogP contribution is -2.33. The van der Waals surface area contributed by atoms with E-state index >= 15 is 0 Å². The Labute approximate surface area is 219 Å². The van der Waals surface area contributed by atoms with Crippen molar-refractivity contribution in [1.29, 1.82) is 0 Å². The molecule has 2 aromatic rings. The maximum absolute atomic E-state index is 13.2. The van der Waals surface area contributed by atoms with Gasteiger partial charge in [0.2, 0.25) is 5.91 Å². The number of sulfone groups is 1. The number of carbonyl (C=O) groups is 2. The first-order valence-corrected chi connectivity index (χ1v) is 15.0. The number of ether oxygens (including phenoxy) is 2. The Hall–Kier alpha value is -2.76. The zero-order chi connectivity index (χ0) is 28.1. The van der Waals surface area contributed by atoms with Gasteiger partial charge in [-0.2, -0.15) is 0 Å². The molecular weight excluding hydrogens is 518 g/mol. The molecule has 1 amide bonds. The largest absolute Gasteiger partial charge is 0.465 e. The van der Waals surface area contributed by atoms with Crippen LogP contribution in [-0.4, -0.2) is 48.7 Å². The van der Waals surface area contributed by atoms with Crippen molar-refractivity contribution >= 4 is 31.7 Å². The van der Waals surface area contributed by atoms with Crippen LogP contribution in [0.2, 0.25) is 0 Å². The molecule has 0 aliphatic heterocycles. The van der Waals surface area contributed by atoms with Crippen LogP contribution < -0.4 is 4.72 Å². The summed E-state index contributed by atoms with van der Waals surface area (Å²) in [5, 5.41) is 0. The van der Waals surface area contributed by atoms with Crippen LogP contribution in [0.3, 0.4) is 0 Å². The third-order valence-corrected chi connectivity index (χ3v) is 9.07. The van der Waals surface area contributed by atoms with Gasteiger partial charge in [-0.3, -0.25) is 4.79 Å². The van der Waals surface area contributed by atoms with Crippen molar-refractivity contribution < 1.29 is 35.9 Å². The lowest BCUT2D eigenvalue weighted by molar-refractivity contribution is -0.118. The summed E-state index contributed by atoms with van der Waals surface area (Å²) in [6.07, 6.45) is -0.205. The average Bonchev–Trinajstić information content (AvgIpc) is 2.83. The topological polar surface area (TPSA) is 133 Å². The van der Waals surface area contributed by atoms with Crippen LogP contribution in [0.15, 0.2) is 40.1 Å². The van der Waals surface area contributed by atoms with Gasteiger partial charge in [0.25, 0.3) is 10.0 Å². The third-order valence-electron chi connectivity index (χ3n) is 5.90. The van der Waals surface area contributed by atoms with Crippen LogP contribution in [0.5, 0.6) is 0 Å². The Bertz CT molecular complexity index is 1350.